The molecule has 1 atom stereocenters. The summed E-state index contributed by atoms with van der Waals surface area (Å²) in [5.74, 6) is 0.632. The summed E-state index contributed by atoms with van der Waals surface area (Å²) in [6.45, 7) is 13.9. The molecule has 2 aliphatic rings. The number of allylic oxidation sites excluding steroid dienone is 3. The average Bonchev–Trinajstić information content (AvgIpc) is 2.99. The van der Waals surface area contributed by atoms with E-state index in [1.807, 2.05) is 13.8 Å². The van der Waals surface area contributed by atoms with E-state index in [0.717, 1.165) is 40.8 Å². The molecule has 0 spiro atoms. The van der Waals surface area contributed by atoms with Crippen LogP contribution in [0.2, 0.25) is 0 Å². The van der Waals surface area contributed by atoms with Gasteiger partial charge in [-0.1, -0.05) is 13.0 Å². The third-order valence-electron chi connectivity index (χ3n) is 7.02. The minimum atomic E-state index is 0.128. The summed E-state index contributed by atoms with van der Waals surface area (Å²) in [5.41, 5.74) is 14.8. The van der Waals surface area contributed by atoms with Crippen LogP contribution in [0.5, 0.6) is 0 Å². The maximum atomic E-state index is 9.79. The Bertz CT molecular complexity index is 1280. The topological polar surface area (TPSA) is 89.7 Å². The van der Waals surface area contributed by atoms with Crippen molar-refractivity contribution in [3.63, 3.8) is 0 Å². The van der Waals surface area contributed by atoms with Crippen LogP contribution in [0.4, 0.5) is 11.5 Å². The number of pyridine rings is 1. The summed E-state index contributed by atoms with van der Waals surface area (Å²) in [5, 5.41) is 19.4. The van der Waals surface area contributed by atoms with Crippen LogP contribution in [-0.2, 0) is 0 Å². The van der Waals surface area contributed by atoms with Gasteiger partial charge in [-0.05, 0) is 93.0 Å². The standard InChI is InChI=1S/C27H29N5/c1-7-32-23-9-8-18(10-19(23)15(2)12-27(32,5)6)11-20-16(3)21(13-28)25-24(20)17(4)22(14-29)26(30)31-25/h8-11,15H,7,12H2,1-6H3,(H2,30,31)/b20-11-/t15-/m1/s1. The number of nitriles is 2. The molecule has 0 saturated carbocycles. The van der Waals surface area contributed by atoms with E-state index < -0.39 is 0 Å². The second-order valence-corrected chi connectivity index (χ2v) is 9.48. The molecule has 5 nitrogen and oxygen atoms in total. The Kier molecular flexibility index (Phi) is 5.10. The first-order valence-corrected chi connectivity index (χ1v) is 11.1. The molecular weight excluding hydrogens is 394 g/mol. The van der Waals surface area contributed by atoms with Crippen LogP contribution in [0.3, 0.4) is 0 Å². The lowest BCUT2D eigenvalue weighted by molar-refractivity contribution is 0.381. The van der Waals surface area contributed by atoms with Crippen LogP contribution in [0.1, 0.15) is 80.5 Å². The predicted molar refractivity (Wildman–Crippen MR) is 131 cm³/mol. The molecule has 5 heteroatoms. The first-order chi connectivity index (χ1) is 15.1. The minimum Gasteiger partial charge on any atom is -0.383 e. The van der Waals surface area contributed by atoms with Gasteiger partial charge in [0.1, 0.15) is 18.0 Å². The molecule has 1 aromatic carbocycles. The maximum Gasteiger partial charge on any atom is 0.142 e. The average molecular weight is 424 g/mol. The van der Waals surface area contributed by atoms with Crippen molar-refractivity contribution in [2.24, 2.45) is 0 Å². The third-order valence-corrected chi connectivity index (χ3v) is 7.02. The number of hydrogen-bond donors (Lipinski definition) is 1. The molecule has 0 unspecified atom stereocenters. The highest BCUT2D eigenvalue weighted by Gasteiger charge is 2.35. The van der Waals surface area contributed by atoms with E-state index >= 15 is 0 Å². The maximum absolute atomic E-state index is 9.79. The zero-order valence-corrected chi connectivity index (χ0v) is 19.7. The second kappa shape index (κ2) is 7.53. The van der Waals surface area contributed by atoms with E-state index in [0.29, 0.717) is 22.7 Å². The Balaban J connectivity index is 1.90. The predicted octanol–water partition coefficient (Wildman–Crippen LogP) is 5.81. The van der Waals surface area contributed by atoms with Crippen LogP contribution in [0.25, 0.3) is 17.2 Å². The summed E-state index contributed by atoms with van der Waals surface area (Å²) in [6.07, 6.45) is 3.22. The highest BCUT2D eigenvalue weighted by Crippen LogP contribution is 2.46. The molecule has 1 aliphatic heterocycles. The molecule has 0 fully saturated rings. The van der Waals surface area contributed by atoms with Gasteiger partial charge in [-0.3, -0.25) is 0 Å². The number of nitrogens with zero attached hydrogens (tertiary/aromatic N) is 4. The van der Waals surface area contributed by atoms with Crippen LogP contribution >= 0.6 is 0 Å². The summed E-state index contributed by atoms with van der Waals surface area (Å²) < 4.78 is 0. The first-order valence-electron chi connectivity index (χ1n) is 11.1. The fourth-order valence-corrected chi connectivity index (χ4v) is 5.56. The molecule has 1 aromatic heterocycles. The summed E-state index contributed by atoms with van der Waals surface area (Å²) in [4.78, 5) is 6.91. The molecule has 32 heavy (non-hydrogen) atoms. The molecule has 2 aromatic rings. The summed E-state index contributed by atoms with van der Waals surface area (Å²) >= 11 is 0. The lowest BCUT2D eigenvalue weighted by Gasteiger charge is -2.47. The van der Waals surface area contributed by atoms with Gasteiger partial charge in [-0.2, -0.15) is 10.5 Å². The Hall–Kier alpha value is -3.57. The number of nitrogen functional groups attached to an aromatic ring is 1. The third kappa shape index (κ3) is 3.09. The summed E-state index contributed by atoms with van der Waals surface area (Å²) in [6, 6.07) is 11.1. The molecule has 0 saturated heterocycles. The van der Waals surface area contributed by atoms with Crippen molar-refractivity contribution in [1.29, 1.82) is 10.5 Å². The van der Waals surface area contributed by atoms with E-state index in [2.05, 4.69) is 74.0 Å². The Labute approximate surface area is 190 Å². The number of anilines is 2. The fourth-order valence-electron chi connectivity index (χ4n) is 5.56. The molecule has 0 bridgehead atoms. The highest BCUT2D eigenvalue weighted by molar-refractivity contribution is 6.08. The Morgan fingerprint density at radius 2 is 1.97 bits per heavy atom. The Morgan fingerprint density at radius 1 is 1.25 bits per heavy atom. The quantitative estimate of drug-likeness (QED) is 0.658. The monoisotopic (exact) mass is 423 g/mol. The van der Waals surface area contributed by atoms with Crippen molar-refractivity contribution in [2.45, 2.75) is 59.4 Å². The van der Waals surface area contributed by atoms with Crippen LogP contribution in [0.15, 0.2) is 23.8 Å². The highest BCUT2D eigenvalue weighted by atomic mass is 15.2. The van der Waals surface area contributed by atoms with Gasteiger partial charge in [0.15, 0.2) is 0 Å². The second-order valence-electron chi connectivity index (χ2n) is 9.48. The largest absolute Gasteiger partial charge is 0.383 e. The summed E-state index contributed by atoms with van der Waals surface area (Å²) in [7, 11) is 0. The first kappa shape index (κ1) is 21.7. The van der Waals surface area contributed by atoms with Gasteiger partial charge in [0.2, 0.25) is 0 Å². The molecular formula is C27H29N5. The molecule has 4 rings (SSSR count). The molecule has 1 aliphatic carbocycles. The number of fused-ring (bicyclic) bond motifs is 2. The smallest absolute Gasteiger partial charge is 0.142 e. The number of benzene rings is 1. The number of hydrogen-bond acceptors (Lipinski definition) is 5. The van der Waals surface area contributed by atoms with Crippen molar-refractivity contribution in [3.05, 3.63) is 57.3 Å². The number of aromatic nitrogens is 1. The van der Waals surface area contributed by atoms with Gasteiger partial charge in [0.25, 0.3) is 0 Å². The van der Waals surface area contributed by atoms with Gasteiger partial charge in [-0.15, -0.1) is 0 Å². The number of nitrogens with two attached hydrogens (primary N) is 1. The van der Waals surface area contributed by atoms with Crippen LogP contribution < -0.4 is 10.6 Å². The fraction of sp³-hybridized carbons (Fsp3) is 0.370. The zero-order chi connectivity index (χ0) is 23.4. The van der Waals surface area contributed by atoms with E-state index in [4.69, 9.17) is 5.73 Å². The van der Waals surface area contributed by atoms with Crippen LogP contribution in [0, 0.1) is 29.6 Å². The van der Waals surface area contributed by atoms with Crippen molar-refractivity contribution in [1.82, 2.24) is 4.98 Å². The Morgan fingerprint density at radius 3 is 2.59 bits per heavy atom. The van der Waals surface area contributed by atoms with E-state index in [9.17, 15) is 10.5 Å². The van der Waals surface area contributed by atoms with Gasteiger partial charge in [-0.25, -0.2) is 4.98 Å². The van der Waals surface area contributed by atoms with Crippen molar-refractivity contribution in [2.75, 3.05) is 17.2 Å². The molecule has 0 radical (unpaired) electrons. The van der Waals surface area contributed by atoms with Crippen LogP contribution in [-0.4, -0.2) is 17.1 Å². The lowest BCUT2D eigenvalue weighted by Crippen LogP contribution is -2.48. The molecule has 2 heterocycles. The lowest BCUT2D eigenvalue weighted by atomic mass is 9.79. The van der Waals surface area contributed by atoms with Gasteiger partial charge >= 0.3 is 0 Å². The minimum absolute atomic E-state index is 0.128. The SMILES string of the molecule is CCN1c2ccc(/C=C3/C(C)=C(C#N)c4nc(N)c(C#N)c(C)c43)cc2[C@H](C)CC1(C)C. The molecule has 2 N–H and O–H groups in total. The van der Waals surface area contributed by atoms with E-state index in [1.54, 1.807) is 0 Å². The normalized spacial score (nSPS) is 20.1. The zero-order valence-electron chi connectivity index (χ0n) is 19.7. The van der Waals surface area contributed by atoms with Gasteiger partial charge in [0, 0.05) is 23.3 Å². The van der Waals surface area contributed by atoms with E-state index in [-0.39, 0.29) is 11.4 Å². The number of rotatable bonds is 2. The van der Waals surface area contributed by atoms with Crippen molar-refractivity contribution >= 4 is 28.7 Å². The molecule has 162 valence electrons. The van der Waals surface area contributed by atoms with Gasteiger partial charge in [0.05, 0.1) is 16.8 Å². The van der Waals surface area contributed by atoms with Crippen molar-refractivity contribution < 1.29 is 0 Å². The molecule has 0 amide bonds. The van der Waals surface area contributed by atoms with E-state index in [1.165, 1.54) is 11.3 Å². The van der Waals surface area contributed by atoms with Crippen molar-refractivity contribution in [3.8, 4) is 12.1 Å². The van der Waals surface area contributed by atoms with Gasteiger partial charge < -0.3 is 10.6 Å².